The summed E-state index contributed by atoms with van der Waals surface area (Å²) in [7, 11) is -6.61. The molecule has 3 nitrogen and oxygen atoms in total. The Balaban J connectivity index is 0. The summed E-state index contributed by atoms with van der Waals surface area (Å²) in [6, 6.07) is 0. The fourth-order valence-electron chi connectivity index (χ4n) is 0.938. The van der Waals surface area contributed by atoms with E-state index in [-0.39, 0.29) is 0 Å². The van der Waals surface area contributed by atoms with Crippen molar-refractivity contribution in [1.82, 2.24) is 0 Å². The fourth-order valence-corrected chi connectivity index (χ4v) is 9.74. The average Bonchev–Trinajstić information content (AvgIpc) is 1.92. The van der Waals surface area contributed by atoms with Crippen LogP contribution in [0.4, 0.5) is 0 Å². The maximum atomic E-state index is 6.09. The largest absolute Gasteiger partial charge is 0.452 e. The van der Waals surface area contributed by atoms with Crippen molar-refractivity contribution in [2.75, 3.05) is 0 Å². The summed E-state index contributed by atoms with van der Waals surface area (Å²) in [6.45, 7) is 25.9. The molecule has 0 unspecified atom stereocenters. The second kappa shape index (κ2) is 8.53. The second-order valence-corrected chi connectivity index (χ2v) is 23.3. The van der Waals surface area contributed by atoms with Crippen LogP contribution in [-0.4, -0.2) is 34.5 Å². The van der Waals surface area contributed by atoms with Gasteiger partial charge in [-0.25, -0.2) is 0 Å². The van der Waals surface area contributed by atoms with E-state index < -0.39 is 34.5 Å². The first-order chi connectivity index (χ1) is 8.20. The van der Waals surface area contributed by atoms with Crippen LogP contribution in [0.2, 0.25) is 58.9 Å². The van der Waals surface area contributed by atoms with Gasteiger partial charge in [0.1, 0.15) is 0 Å². The van der Waals surface area contributed by atoms with Gasteiger partial charge in [-0.15, -0.1) is 5.73 Å². The van der Waals surface area contributed by atoms with E-state index in [0.29, 0.717) is 0 Å². The molecular weight excluding hydrogens is 304 g/mol. The lowest BCUT2D eigenvalue weighted by molar-refractivity contribution is 0.300. The zero-order valence-electron chi connectivity index (χ0n) is 14.2. The van der Waals surface area contributed by atoms with Crippen LogP contribution in [0.5, 0.6) is 0 Å². The zero-order valence-corrected chi connectivity index (χ0v) is 18.4. The lowest BCUT2D eigenvalue weighted by Gasteiger charge is -2.33. The van der Waals surface area contributed by atoms with Crippen LogP contribution in [0.15, 0.2) is 18.9 Å². The molecule has 0 amide bonds. The first-order valence-electron chi connectivity index (χ1n) is 6.53. The molecule has 19 heavy (non-hydrogen) atoms. The molecular formula is C12H32O3Si4. The molecule has 0 N–H and O–H groups in total. The quantitative estimate of drug-likeness (QED) is 0.537. The van der Waals surface area contributed by atoms with Gasteiger partial charge in [0.05, 0.1) is 0 Å². The van der Waals surface area contributed by atoms with Gasteiger partial charge in [0, 0.05) is 0 Å². The summed E-state index contributed by atoms with van der Waals surface area (Å²) < 4.78 is 18.3. The van der Waals surface area contributed by atoms with Crippen LogP contribution >= 0.6 is 0 Å². The van der Waals surface area contributed by atoms with E-state index in [4.69, 9.17) is 12.3 Å². The van der Waals surface area contributed by atoms with Gasteiger partial charge in [0.2, 0.25) is 0 Å². The molecule has 0 atom stereocenters. The molecule has 0 heterocycles. The molecule has 0 aliphatic carbocycles. The lowest BCUT2D eigenvalue weighted by Crippen LogP contribution is -2.49. The van der Waals surface area contributed by atoms with Crippen LogP contribution < -0.4 is 0 Å². The molecule has 7 heteroatoms. The third-order valence-corrected chi connectivity index (χ3v) is 12.1. The number of rotatable bonds is 6. The molecule has 0 aromatic heterocycles. The van der Waals surface area contributed by atoms with Crippen molar-refractivity contribution < 1.29 is 12.3 Å². The van der Waals surface area contributed by atoms with Gasteiger partial charge in [0.15, 0.2) is 25.0 Å². The Kier molecular flexibility index (Phi) is 9.68. The molecule has 0 aromatic rings. The minimum Gasteiger partial charge on any atom is -0.419 e. The molecule has 0 saturated carbocycles. The SMILES string of the molecule is C=C=C.C[Si](C)(C)O[SiH](O[Si](C)(C)C)O[Si](C)(C)C. The predicted molar refractivity (Wildman–Crippen MR) is 95.2 cm³/mol. The number of hydrogen-bond donors (Lipinski definition) is 0. The normalized spacial score (nSPS) is 12.7. The van der Waals surface area contributed by atoms with Gasteiger partial charge >= 0.3 is 9.53 Å². The van der Waals surface area contributed by atoms with E-state index >= 15 is 0 Å². The highest BCUT2D eigenvalue weighted by molar-refractivity contribution is 6.83. The first-order valence-corrected chi connectivity index (χ1v) is 18.2. The zero-order chi connectivity index (χ0) is 15.9. The van der Waals surface area contributed by atoms with Gasteiger partial charge < -0.3 is 12.3 Å². The van der Waals surface area contributed by atoms with E-state index in [2.05, 4.69) is 77.8 Å². The lowest BCUT2D eigenvalue weighted by atomic mass is 11.0. The average molecular weight is 337 g/mol. The first kappa shape index (κ1) is 21.6. The molecule has 0 bridgehead atoms. The van der Waals surface area contributed by atoms with Gasteiger partial charge in [-0.2, -0.15) is 0 Å². The van der Waals surface area contributed by atoms with Crippen molar-refractivity contribution >= 4 is 34.5 Å². The van der Waals surface area contributed by atoms with Gasteiger partial charge in [-0.3, -0.25) is 0 Å². The summed E-state index contributed by atoms with van der Waals surface area (Å²) >= 11 is 0. The van der Waals surface area contributed by atoms with Gasteiger partial charge in [0.25, 0.3) is 0 Å². The Morgan fingerprint density at radius 3 is 0.895 bits per heavy atom. The van der Waals surface area contributed by atoms with Crippen molar-refractivity contribution in [3.8, 4) is 0 Å². The van der Waals surface area contributed by atoms with Crippen molar-refractivity contribution in [1.29, 1.82) is 0 Å². The Morgan fingerprint density at radius 1 is 0.632 bits per heavy atom. The molecule has 0 saturated heterocycles. The maximum absolute atomic E-state index is 6.09. The summed E-state index contributed by atoms with van der Waals surface area (Å²) in [4.78, 5) is 0. The Morgan fingerprint density at radius 2 is 0.789 bits per heavy atom. The maximum Gasteiger partial charge on any atom is 0.452 e. The summed E-state index contributed by atoms with van der Waals surface area (Å²) in [5, 5.41) is 0. The van der Waals surface area contributed by atoms with Crippen molar-refractivity contribution in [3.63, 3.8) is 0 Å². The van der Waals surface area contributed by atoms with E-state index in [0.717, 1.165) is 0 Å². The van der Waals surface area contributed by atoms with Gasteiger partial charge in [-0.1, -0.05) is 13.2 Å². The summed E-state index contributed by atoms with van der Waals surface area (Å²) in [6.07, 6.45) is 0. The van der Waals surface area contributed by atoms with Gasteiger partial charge in [-0.05, 0) is 58.9 Å². The third-order valence-electron chi connectivity index (χ3n) is 1.35. The molecule has 0 radical (unpaired) electrons. The topological polar surface area (TPSA) is 27.7 Å². The van der Waals surface area contributed by atoms with E-state index in [1.165, 1.54) is 0 Å². The standard InChI is InChI=1S/C9H28O3Si4.C3H4/c1-14(2,3)10-13(11-15(4,5)6)12-16(7,8)9;1-3-2/h13H,1-9H3;1-2H2. The minimum atomic E-state index is -1.92. The van der Waals surface area contributed by atoms with Crippen LogP contribution in [0.3, 0.4) is 0 Å². The summed E-state index contributed by atoms with van der Waals surface area (Å²) in [5.41, 5.74) is 2.25. The molecule has 0 aliphatic heterocycles. The second-order valence-electron chi connectivity index (χ2n) is 7.23. The molecule has 0 aliphatic rings. The fraction of sp³-hybridized carbons (Fsp3) is 0.750. The number of hydrogen-bond acceptors (Lipinski definition) is 3. The highest BCUT2D eigenvalue weighted by Gasteiger charge is 2.33. The van der Waals surface area contributed by atoms with Crippen LogP contribution in [0.25, 0.3) is 0 Å². The van der Waals surface area contributed by atoms with Crippen LogP contribution in [0, 0.1) is 0 Å². The molecule has 114 valence electrons. The van der Waals surface area contributed by atoms with Crippen molar-refractivity contribution in [3.05, 3.63) is 18.9 Å². The smallest absolute Gasteiger partial charge is 0.419 e. The third kappa shape index (κ3) is 20.7. The Labute approximate surface area is 125 Å². The van der Waals surface area contributed by atoms with Crippen molar-refractivity contribution in [2.45, 2.75) is 58.9 Å². The highest BCUT2D eigenvalue weighted by atomic mass is 28.5. The molecule has 0 spiro atoms. The monoisotopic (exact) mass is 336 g/mol. The van der Waals surface area contributed by atoms with E-state index in [9.17, 15) is 0 Å². The van der Waals surface area contributed by atoms with Crippen molar-refractivity contribution in [2.24, 2.45) is 0 Å². The minimum absolute atomic E-state index is 1.56. The molecule has 0 rings (SSSR count). The molecule has 0 aromatic carbocycles. The Hall–Kier alpha value is 0.268. The molecule has 0 fully saturated rings. The van der Waals surface area contributed by atoms with E-state index in [1.807, 2.05) is 0 Å². The predicted octanol–water partition coefficient (Wildman–Crippen LogP) is 4.22. The highest BCUT2D eigenvalue weighted by Crippen LogP contribution is 2.16. The van der Waals surface area contributed by atoms with E-state index in [1.54, 1.807) is 0 Å². The van der Waals surface area contributed by atoms with Crippen LogP contribution in [-0.2, 0) is 12.3 Å². The summed E-state index contributed by atoms with van der Waals surface area (Å²) in [5.74, 6) is 0. The van der Waals surface area contributed by atoms with Crippen LogP contribution in [0.1, 0.15) is 0 Å². The Bertz CT molecular complexity index is 243.